The summed E-state index contributed by atoms with van der Waals surface area (Å²) < 4.78 is 13.4. The number of likely N-dealkylation sites (N-methyl/N-ethyl adjacent to an activating group) is 1. The van der Waals surface area contributed by atoms with Crippen LogP contribution in [0.1, 0.15) is 20.3 Å². The average molecular weight is 192 g/mol. The zero-order chi connectivity index (χ0) is 10.7. The van der Waals surface area contributed by atoms with Crippen molar-refractivity contribution in [3.05, 3.63) is 0 Å². The second-order valence-electron chi connectivity index (χ2n) is 5.13. The van der Waals surface area contributed by atoms with Gasteiger partial charge in [-0.15, -0.1) is 0 Å². The maximum absolute atomic E-state index is 12.7. The van der Waals surface area contributed by atoms with Gasteiger partial charge in [0.05, 0.1) is 27.8 Å². The van der Waals surface area contributed by atoms with E-state index >= 15 is 0 Å². The molecule has 0 aliphatic heterocycles. The van der Waals surface area contributed by atoms with E-state index in [0.29, 0.717) is 17.4 Å². The van der Waals surface area contributed by atoms with Crippen molar-refractivity contribution in [1.82, 2.24) is 0 Å². The summed E-state index contributed by atoms with van der Waals surface area (Å²) in [5.74, 6) is 0. The molecule has 0 spiro atoms. The van der Waals surface area contributed by atoms with Gasteiger partial charge in [-0.3, -0.25) is 4.39 Å². The molecule has 0 aromatic rings. The molecule has 2 unspecified atom stereocenters. The van der Waals surface area contributed by atoms with Crippen molar-refractivity contribution < 1.29 is 14.0 Å². The van der Waals surface area contributed by atoms with Gasteiger partial charge >= 0.3 is 0 Å². The molecule has 80 valence electrons. The molecule has 0 bridgehead atoms. The monoisotopic (exact) mass is 192 g/mol. The number of hydrogen-bond acceptors (Lipinski definition) is 1. The Kier molecular flexibility index (Phi) is 4.33. The van der Waals surface area contributed by atoms with Crippen molar-refractivity contribution in [3.63, 3.8) is 0 Å². The van der Waals surface area contributed by atoms with Gasteiger partial charge in [-0.2, -0.15) is 0 Å². The van der Waals surface area contributed by atoms with Crippen LogP contribution in [0, 0.1) is 5.41 Å². The molecule has 2 atom stereocenters. The van der Waals surface area contributed by atoms with E-state index in [-0.39, 0.29) is 0 Å². The summed E-state index contributed by atoms with van der Waals surface area (Å²) in [5.41, 5.74) is -0.578. The highest BCUT2D eigenvalue weighted by molar-refractivity contribution is 4.80. The van der Waals surface area contributed by atoms with E-state index in [0.717, 1.165) is 0 Å². The maximum Gasteiger partial charge on any atom is 0.111 e. The van der Waals surface area contributed by atoms with Crippen LogP contribution in [0.2, 0.25) is 0 Å². The molecule has 0 amide bonds. The Hall–Kier alpha value is -0.150. The molecule has 0 saturated heterocycles. The molecular weight excluding hydrogens is 169 g/mol. The first kappa shape index (κ1) is 12.8. The van der Waals surface area contributed by atoms with Gasteiger partial charge < -0.3 is 9.59 Å². The Morgan fingerprint density at radius 3 is 2.08 bits per heavy atom. The molecule has 13 heavy (non-hydrogen) atoms. The zero-order valence-corrected chi connectivity index (χ0v) is 9.47. The maximum atomic E-state index is 12.7. The molecule has 0 aliphatic carbocycles. The Balaban J connectivity index is 4.31. The van der Waals surface area contributed by atoms with Crippen molar-refractivity contribution in [2.24, 2.45) is 5.41 Å². The summed E-state index contributed by atoms with van der Waals surface area (Å²) in [4.78, 5) is 0. The van der Waals surface area contributed by atoms with Crippen LogP contribution in [-0.2, 0) is 0 Å². The quantitative estimate of drug-likeness (QED) is 0.653. The minimum absolute atomic E-state index is 0.454. The minimum Gasteiger partial charge on any atom is -0.387 e. The van der Waals surface area contributed by atoms with Crippen molar-refractivity contribution in [2.75, 3.05) is 34.4 Å². The van der Waals surface area contributed by atoms with Crippen LogP contribution in [0.4, 0.5) is 4.39 Å². The first-order valence-corrected chi connectivity index (χ1v) is 4.79. The zero-order valence-electron chi connectivity index (χ0n) is 9.47. The lowest BCUT2D eigenvalue weighted by Gasteiger charge is -2.35. The average Bonchev–Trinajstić information content (AvgIpc) is 2.00. The van der Waals surface area contributed by atoms with Crippen LogP contribution in [0.25, 0.3) is 0 Å². The summed E-state index contributed by atoms with van der Waals surface area (Å²) in [6.45, 7) is 3.85. The standard InChI is InChI=1S/C10H23FNO/c1-6-10(2,8-11)9(13)7-12(3,4)5/h9,13H,6-8H2,1-5H3/q+1. The van der Waals surface area contributed by atoms with Crippen molar-refractivity contribution >= 4 is 0 Å². The fraction of sp³-hybridized carbons (Fsp3) is 1.00. The van der Waals surface area contributed by atoms with Crippen molar-refractivity contribution in [2.45, 2.75) is 26.4 Å². The molecule has 0 radical (unpaired) electrons. The number of alkyl halides is 1. The van der Waals surface area contributed by atoms with E-state index in [9.17, 15) is 9.50 Å². The predicted octanol–water partition coefficient (Wildman–Crippen LogP) is 1.44. The lowest BCUT2D eigenvalue weighted by Crippen LogP contribution is -2.48. The van der Waals surface area contributed by atoms with E-state index in [1.165, 1.54) is 0 Å². The molecule has 0 saturated carbocycles. The highest BCUT2D eigenvalue weighted by atomic mass is 19.1. The van der Waals surface area contributed by atoms with Gasteiger partial charge in [0.15, 0.2) is 0 Å². The fourth-order valence-electron chi connectivity index (χ4n) is 1.16. The number of halogens is 1. The second kappa shape index (κ2) is 4.38. The highest BCUT2D eigenvalue weighted by Gasteiger charge is 2.34. The van der Waals surface area contributed by atoms with Gasteiger partial charge in [-0.1, -0.05) is 13.8 Å². The number of aliphatic hydroxyl groups is 1. The third-order valence-corrected chi connectivity index (χ3v) is 2.64. The number of quaternary nitrogens is 1. The van der Waals surface area contributed by atoms with E-state index < -0.39 is 18.2 Å². The van der Waals surface area contributed by atoms with Gasteiger partial charge in [0.25, 0.3) is 0 Å². The molecule has 2 nitrogen and oxygen atoms in total. The van der Waals surface area contributed by atoms with Gasteiger partial charge in [-0.25, -0.2) is 0 Å². The minimum atomic E-state index is -0.578. The fourth-order valence-corrected chi connectivity index (χ4v) is 1.16. The van der Waals surface area contributed by atoms with Crippen LogP contribution in [0.5, 0.6) is 0 Å². The summed E-state index contributed by atoms with van der Waals surface area (Å²) in [5, 5.41) is 9.85. The third kappa shape index (κ3) is 4.05. The van der Waals surface area contributed by atoms with Gasteiger partial charge in [0.2, 0.25) is 0 Å². The Bertz CT molecular complexity index is 149. The largest absolute Gasteiger partial charge is 0.387 e. The third-order valence-electron chi connectivity index (χ3n) is 2.64. The molecule has 0 aromatic carbocycles. The molecule has 3 heteroatoms. The normalized spacial score (nSPS) is 19.6. The van der Waals surface area contributed by atoms with Gasteiger partial charge in [0.1, 0.15) is 12.6 Å². The summed E-state index contributed by atoms with van der Waals surface area (Å²) in [6.07, 6.45) is 0.104. The molecule has 0 rings (SSSR count). The summed E-state index contributed by atoms with van der Waals surface area (Å²) in [7, 11) is 5.99. The Morgan fingerprint density at radius 1 is 1.38 bits per heavy atom. The molecule has 1 N–H and O–H groups in total. The lowest BCUT2D eigenvalue weighted by molar-refractivity contribution is -0.874. The van der Waals surface area contributed by atoms with Crippen LogP contribution < -0.4 is 0 Å². The van der Waals surface area contributed by atoms with Crippen LogP contribution >= 0.6 is 0 Å². The van der Waals surface area contributed by atoms with Gasteiger partial charge in [-0.05, 0) is 6.42 Å². The SMILES string of the molecule is CCC(C)(CF)C(O)C[N+](C)(C)C. The van der Waals surface area contributed by atoms with E-state index in [4.69, 9.17) is 0 Å². The smallest absolute Gasteiger partial charge is 0.111 e. The van der Waals surface area contributed by atoms with E-state index in [1.807, 2.05) is 28.1 Å². The number of rotatable bonds is 5. The predicted molar refractivity (Wildman–Crippen MR) is 53.3 cm³/mol. The molecule has 0 aromatic heterocycles. The second-order valence-corrected chi connectivity index (χ2v) is 5.13. The summed E-state index contributed by atoms with van der Waals surface area (Å²) in [6, 6.07) is 0. The van der Waals surface area contributed by atoms with Gasteiger partial charge in [0, 0.05) is 5.41 Å². The van der Waals surface area contributed by atoms with Crippen molar-refractivity contribution in [1.29, 1.82) is 0 Å². The first-order valence-electron chi connectivity index (χ1n) is 4.79. The lowest BCUT2D eigenvalue weighted by atomic mass is 9.82. The molecule has 0 fully saturated rings. The topological polar surface area (TPSA) is 20.2 Å². The molecule has 0 heterocycles. The first-order chi connectivity index (χ1) is 5.75. The van der Waals surface area contributed by atoms with E-state index in [2.05, 4.69) is 0 Å². The number of aliphatic hydroxyl groups excluding tert-OH is 1. The van der Waals surface area contributed by atoms with Crippen molar-refractivity contribution in [3.8, 4) is 0 Å². The molecule has 0 aliphatic rings. The molecular formula is C10H23FNO+. The highest BCUT2D eigenvalue weighted by Crippen LogP contribution is 2.27. The Labute approximate surface area is 81.0 Å². The van der Waals surface area contributed by atoms with Crippen LogP contribution in [0.15, 0.2) is 0 Å². The van der Waals surface area contributed by atoms with E-state index in [1.54, 1.807) is 6.92 Å². The Morgan fingerprint density at radius 2 is 1.85 bits per heavy atom. The number of hydrogen-bond donors (Lipinski definition) is 1. The number of nitrogens with zero attached hydrogens (tertiary/aromatic N) is 1. The van der Waals surface area contributed by atoms with Crippen LogP contribution in [-0.4, -0.2) is 50.1 Å². The van der Waals surface area contributed by atoms with Crippen LogP contribution in [0.3, 0.4) is 0 Å². The summed E-state index contributed by atoms with van der Waals surface area (Å²) >= 11 is 0.